The van der Waals surface area contributed by atoms with Gasteiger partial charge in [0.25, 0.3) is 5.56 Å². The van der Waals surface area contributed by atoms with Crippen LogP contribution in [-0.2, 0) is 11.2 Å². The van der Waals surface area contributed by atoms with Crippen LogP contribution in [0.3, 0.4) is 0 Å². The summed E-state index contributed by atoms with van der Waals surface area (Å²) >= 11 is 1.51. The van der Waals surface area contributed by atoms with Gasteiger partial charge in [-0.25, -0.2) is 9.66 Å². The Morgan fingerprint density at radius 3 is 2.64 bits per heavy atom. The Balaban J connectivity index is 1.79. The Morgan fingerprint density at radius 2 is 2.04 bits per heavy atom. The molecule has 3 aromatic rings. The van der Waals surface area contributed by atoms with Crippen LogP contribution in [-0.4, -0.2) is 29.8 Å². The van der Waals surface area contributed by atoms with E-state index in [0.717, 1.165) is 24.1 Å². The molecular weight excluding hydrogens is 378 g/mol. The number of thiophene rings is 1. The fourth-order valence-corrected chi connectivity index (χ4v) is 4.02. The first kappa shape index (κ1) is 18.5. The number of amides is 1. The quantitative estimate of drug-likeness (QED) is 0.689. The lowest BCUT2D eigenvalue weighted by Gasteiger charge is -2.27. The molecule has 0 atom stereocenters. The van der Waals surface area contributed by atoms with Gasteiger partial charge in [0.05, 0.1) is 31.5 Å². The first-order valence-electron chi connectivity index (χ1n) is 9.11. The van der Waals surface area contributed by atoms with E-state index in [1.165, 1.54) is 23.1 Å². The molecule has 8 heteroatoms. The molecule has 1 saturated carbocycles. The smallest absolute Gasteiger partial charge is 0.280 e. The number of benzene rings is 1. The molecule has 1 fully saturated rings. The molecule has 0 saturated heterocycles. The van der Waals surface area contributed by atoms with Crippen molar-refractivity contribution in [2.45, 2.75) is 31.6 Å². The molecule has 1 aromatic carbocycles. The number of nitrogens with one attached hydrogen (secondary N) is 1. The molecule has 2 heterocycles. The van der Waals surface area contributed by atoms with Crippen molar-refractivity contribution in [3.63, 3.8) is 0 Å². The average Bonchev–Trinajstić information content (AvgIpc) is 3.15. The van der Waals surface area contributed by atoms with Gasteiger partial charge in [-0.15, -0.1) is 11.3 Å². The number of methoxy groups -OCH3 is 2. The van der Waals surface area contributed by atoms with E-state index < -0.39 is 0 Å². The number of hydrogen-bond donors (Lipinski definition) is 1. The number of nitrogens with zero attached hydrogens (tertiary/aromatic N) is 2. The molecule has 1 aliphatic rings. The van der Waals surface area contributed by atoms with Gasteiger partial charge in [-0.2, -0.15) is 0 Å². The van der Waals surface area contributed by atoms with Gasteiger partial charge in [0.2, 0.25) is 5.91 Å². The molecule has 1 N–H and O–H groups in total. The second-order valence-electron chi connectivity index (χ2n) is 6.75. The summed E-state index contributed by atoms with van der Waals surface area (Å²) in [6.07, 6.45) is 3.21. The summed E-state index contributed by atoms with van der Waals surface area (Å²) in [6.45, 7) is 0. The first-order chi connectivity index (χ1) is 13.6. The van der Waals surface area contributed by atoms with E-state index in [0.29, 0.717) is 28.2 Å². The third-order valence-corrected chi connectivity index (χ3v) is 5.90. The van der Waals surface area contributed by atoms with Crippen LogP contribution in [0, 0.1) is 0 Å². The van der Waals surface area contributed by atoms with Crippen LogP contribution in [0.1, 0.15) is 35.9 Å². The van der Waals surface area contributed by atoms with Gasteiger partial charge in [-0.3, -0.25) is 15.0 Å². The highest BCUT2D eigenvalue weighted by atomic mass is 32.1. The second-order valence-corrected chi connectivity index (χ2v) is 7.79. The van der Waals surface area contributed by atoms with Crippen LogP contribution in [0.25, 0.3) is 10.9 Å². The fourth-order valence-electron chi connectivity index (χ4n) is 3.31. The number of ether oxygens (including phenoxy) is 2. The first-order valence-corrected chi connectivity index (χ1v) is 9.99. The van der Waals surface area contributed by atoms with Gasteiger partial charge in [0.15, 0.2) is 11.5 Å². The Morgan fingerprint density at radius 1 is 1.29 bits per heavy atom. The van der Waals surface area contributed by atoms with E-state index in [9.17, 15) is 9.59 Å². The summed E-state index contributed by atoms with van der Waals surface area (Å²) < 4.78 is 12.0. The molecule has 1 amide bonds. The lowest BCUT2D eigenvalue weighted by Crippen LogP contribution is -2.38. The highest BCUT2D eigenvalue weighted by molar-refractivity contribution is 7.10. The van der Waals surface area contributed by atoms with Crippen molar-refractivity contribution in [2.24, 2.45) is 0 Å². The second kappa shape index (κ2) is 7.63. The normalized spacial score (nSPS) is 13.9. The molecule has 0 radical (unpaired) electrons. The number of aromatic nitrogens is 2. The molecule has 146 valence electrons. The van der Waals surface area contributed by atoms with Crippen LogP contribution < -0.4 is 20.5 Å². The van der Waals surface area contributed by atoms with E-state index >= 15 is 0 Å². The third kappa shape index (κ3) is 3.35. The maximum atomic E-state index is 13.2. The summed E-state index contributed by atoms with van der Waals surface area (Å²) in [5, 5.41) is 2.29. The van der Waals surface area contributed by atoms with Gasteiger partial charge in [0, 0.05) is 16.9 Å². The molecule has 4 rings (SSSR count). The van der Waals surface area contributed by atoms with Crippen LogP contribution in [0.5, 0.6) is 11.5 Å². The van der Waals surface area contributed by atoms with E-state index in [1.54, 1.807) is 19.2 Å². The molecule has 28 heavy (non-hydrogen) atoms. The Kier molecular flexibility index (Phi) is 5.04. The monoisotopic (exact) mass is 399 g/mol. The van der Waals surface area contributed by atoms with Crippen molar-refractivity contribution >= 4 is 28.1 Å². The predicted octanol–water partition coefficient (Wildman–Crippen LogP) is 3.06. The molecule has 7 nitrogen and oxygen atoms in total. The van der Waals surface area contributed by atoms with Gasteiger partial charge >= 0.3 is 0 Å². The van der Waals surface area contributed by atoms with Gasteiger partial charge in [0.1, 0.15) is 5.82 Å². The number of hydrogen-bond acceptors (Lipinski definition) is 6. The van der Waals surface area contributed by atoms with Crippen LogP contribution >= 0.6 is 11.3 Å². The van der Waals surface area contributed by atoms with Gasteiger partial charge in [-0.1, -0.05) is 12.5 Å². The molecule has 0 unspecified atom stereocenters. The summed E-state index contributed by atoms with van der Waals surface area (Å²) in [5.74, 6) is 1.47. The minimum Gasteiger partial charge on any atom is -0.493 e. The average molecular weight is 399 g/mol. The largest absolute Gasteiger partial charge is 0.493 e. The predicted molar refractivity (Wildman–Crippen MR) is 108 cm³/mol. The minimum absolute atomic E-state index is 0.159. The fraction of sp³-hybridized carbons (Fsp3) is 0.350. The molecular formula is C20H21N3O4S. The summed E-state index contributed by atoms with van der Waals surface area (Å²) in [4.78, 5) is 31.4. The summed E-state index contributed by atoms with van der Waals surface area (Å²) in [5.41, 5.74) is 2.98. The zero-order valence-corrected chi connectivity index (χ0v) is 16.5. The van der Waals surface area contributed by atoms with Crippen molar-refractivity contribution in [3.05, 3.63) is 50.7 Å². The zero-order valence-electron chi connectivity index (χ0n) is 15.7. The lowest BCUT2D eigenvalue weighted by molar-refractivity contribution is -0.116. The molecule has 0 bridgehead atoms. The molecule has 2 aromatic heterocycles. The molecule has 1 aliphatic carbocycles. The van der Waals surface area contributed by atoms with Gasteiger partial charge < -0.3 is 9.47 Å². The standard InChI is InChI=1S/C20H21N3O4S/c1-26-16-10-14-15(11-17(16)27-2)21-19(12-5-3-6-12)23(20(14)25)22-18(24)9-13-7-4-8-28-13/h4,7-8,10-12H,3,5-6,9H2,1-2H3,(H,22,24). The molecule has 0 aliphatic heterocycles. The SMILES string of the molecule is COc1cc2nc(C3CCC3)n(NC(=O)Cc3cccs3)c(=O)c2cc1OC. The van der Waals surface area contributed by atoms with E-state index in [1.807, 2.05) is 17.5 Å². The number of carbonyl (C=O) groups is 1. The number of rotatable bonds is 6. The zero-order chi connectivity index (χ0) is 19.7. The highest BCUT2D eigenvalue weighted by Gasteiger charge is 2.27. The highest BCUT2D eigenvalue weighted by Crippen LogP contribution is 2.36. The maximum Gasteiger partial charge on any atom is 0.280 e. The van der Waals surface area contributed by atoms with Crippen LogP contribution in [0.2, 0.25) is 0 Å². The maximum absolute atomic E-state index is 13.2. The number of fused-ring (bicyclic) bond motifs is 1. The number of carbonyl (C=O) groups excluding carboxylic acids is 1. The Hall–Kier alpha value is -2.87. The lowest BCUT2D eigenvalue weighted by atomic mass is 9.84. The van der Waals surface area contributed by atoms with Crippen LogP contribution in [0.4, 0.5) is 0 Å². The minimum atomic E-state index is -0.313. The topological polar surface area (TPSA) is 82.5 Å². The van der Waals surface area contributed by atoms with E-state index in [2.05, 4.69) is 5.43 Å². The van der Waals surface area contributed by atoms with Crippen molar-refractivity contribution in [3.8, 4) is 11.5 Å². The van der Waals surface area contributed by atoms with Crippen molar-refractivity contribution < 1.29 is 14.3 Å². The van der Waals surface area contributed by atoms with Crippen molar-refractivity contribution in [1.29, 1.82) is 0 Å². The Bertz CT molecular complexity index is 1070. The van der Waals surface area contributed by atoms with E-state index in [-0.39, 0.29) is 23.8 Å². The Labute approximate surface area is 165 Å². The van der Waals surface area contributed by atoms with Gasteiger partial charge in [-0.05, 0) is 30.4 Å². The summed E-state index contributed by atoms with van der Waals surface area (Å²) in [6, 6.07) is 7.11. The van der Waals surface area contributed by atoms with Crippen LogP contribution in [0.15, 0.2) is 34.4 Å². The van der Waals surface area contributed by atoms with Crippen molar-refractivity contribution in [1.82, 2.24) is 9.66 Å². The van der Waals surface area contributed by atoms with E-state index in [4.69, 9.17) is 14.5 Å². The van der Waals surface area contributed by atoms with Crippen molar-refractivity contribution in [2.75, 3.05) is 19.6 Å². The summed E-state index contributed by atoms with van der Waals surface area (Å²) in [7, 11) is 3.06. The third-order valence-electron chi connectivity index (χ3n) is 5.02. The molecule has 0 spiro atoms.